The molecule has 2 aromatic heterocycles. The van der Waals surface area contributed by atoms with Gasteiger partial charge < -0.3 is 4.57 Å². The molecule has 2 heterocycles. The SMILES string of the molecule is Fc1ccc(Cn2c(-c3ccc4ccccc4n3)nc3ccccc32)cc1. The highest BCUT2D eigenvalue weighted by molar-refractivity contribution is 5.83. The van der Waals surface area contributed by atoms with Gasteiger partial charge in [-0.3, -0.25) is 0 Å². The zero-order valence-corrected chi connectivity index (χ0v) is 14.5. The molecule has 3 aromatic carbocycles. The van der Waals surface area contributed by atoms with Crippen LogP contribution in [0.3, 0.4) is 0 Å². The Bertz CT molecular complexity index is 1260. The second-order valence-electron chi connectivity index (χ2n) is 6.53. The fraction of sp³-hybridized carbons (Fsp3) is 0.0435. The Morgan fingerprint density at radius 1 is 0.704 bits per heavy atom. The third-order valence-corrected chi connectivity index (χ3v) is 4.74. The Balaban J connectivity index is 1.69. The number of fused-ring (bicyclic) bond motifs is 2. The van der Waals surface area contributed by atoms with Gasteiger partial charge in [-0.05, 0) is 42.0 Å². The van der Waals surface area contributed by atoms with Crippen molar-refractivity contribution in [1.29, 1.82) is 0 Å². The molecule has 0 fully saturated rings. The summed E-state index contributed by atoms with van der Waals surface area (Å²) in [6.07, 6.45) is 0. The lowest BCUT2D eigenvalue weighted by Gasteiger charge is -2.10. The highest BCUT2D eigenvalue weighted by Gasteiger charge is 2.14. The molecule has 0 aliphatic rings. The maximum atomic E-state index is 13.3. The number of rotatable bonds is 3. The van der Waals surface area contributed by atoms with Gasteiger partial charge in [0.05, 0.1) is 16.6 Å². The van der Waals surface area contributed by atoms with Gasteiger partial charge in [-0.1, -0.05) is 48.5 Å². The first-order chi connectivity index (χ1) is 13.3. The van der Waals surface area contributed by atoms with Gasteiger partial charge in [-0.25, -0.2) is 14.4 Å². The van der Waals surface area contributed by atoms with Crippen LogP contribution in [0.25, 0.3) is 33.5 Å². The van der Waals surface area contributed by atoms with E-state index in [4.69, 9.17) is 9.97 Å². The summed E-state index contributed by atoms with van der Waals surface area (Å²) in [5, 5.41) is 1.10. The molecule has 0 spiro atoms. The van der Waals surface area contributed by atoms with E-state index in [1.165, 1.54) is 12.1 Å². The molecule has 0 radical (unpaired) electrons. The topological polar surface area (TPSA) is 30.7 Å². The second kappa shape index (κ2) is 6.32. The van der Waals surface area contributed by atoms with Crippen molar-refractivity contribution in [2.24, 2.45) is 0 Å². The lowest BCUT2D eigenvalue weighted by atomic mass is 10.2. The van der Waals surface area contributed by atoms with Gasteiger partial charge in [0.2, 0.25) is 0 Å². The van der Waals surface area contributed by atoms with Crippen LogP contribution in [0.15, 0.2) is 84.9 Å². The van der Waals surface area contributed by atoms with E-state index >= 15 is 0 Å². The van der Waals surface area contributed by atoms with Crippen LogP contribution in [0.2, 0.25) is 0 Å². The second-order valence-corrected chi connectivity index (χ2v) is 6.53. The standard InChI is InChI=1S/C23H16FN3/c24-18-12-9-16(10-13-18)15-27-22-8-4-3-7-20(22)26-23(27)21-14-11-17-5-1-2-6-19(17)25-21/h1-14H,15H2. The van der Waals surface area contributed by atoms with Crippen molar-refractivity contribution in [1.82, 2.24) is 14.5 Å². The van der Waals surface area contributed by atoms with Gasteiger partial charge >= 0.3 is 0 Å². The van der Waals surface area contributed by atoms with E-state index in [-0.39, 0.29) is 5.82 Å². The number of benzene rings is 3. The quantitative estimate of drug-likeness (QED) is 0.432. The molecule has 0 amide bonds. The van der Waals surface area contributed by atoms with Crippen molar-refractivity contribution < 1.29 is 4.39 Å². The summed E-state index contributed by atoms with van der Waals surface area (Å²) < 4.78 is 15.4. The Kier molecular flexibility index (Phi) is 3.68. The van der Waals surface area contributed by atoms with E-state index in [1.807, 2.05) is 60.7 Å². The third kappa shape index (κ3) is 2.85. The predicted octanol–water partition coefficient (Wildman–Crippen LogP) is 5.44. The zero-order valence-electron chi connectivity index (χ0n) is 14.5. The summed E-state index contributed by atoms with van der Waals surface area (Å²) in [4.78, 5) is 9.64. The van der Waals surface area contributed by atoms with Crippen LogP contribution in [-0.4, -0.2) is 14.5 Å². The molecule has 0 aliphatic carbocycles. The van der Waals surface area contributed by atoms with E-state index < -0.39 is 0 Å². The molecule has 0 bridgehead atoms. The maximum Gasteiger partial charge on any atom is 0.160 e. The van der Waals surface area contributed by atoms with Crippen LogP contribution in [-0.2, 0) is 6.54 Å². The number of imidazole rings is 1. The van der Waals surface area contributed by atoms with Gasteiger partial charge in [0.1, 0.15) is 11.5 Å². The Morgan fingerprint density at radius 3 is 2.30 bits per heavy atom. The molecule has 5 aromatic rings. The average Bonchev–Trinajstić information content (AvgIpc) is 3.08. The summed E-state index contributed by atoms with van der Waals surface area (Å²) in [5.74, 6) is 0.580. The summed E-state index contributed by atoms with van der Waals surface area (Å²) in [7, 11) is 0. The summed E-state index contributed by atoms with van der Waals surface area (Å²) >= 11 is 0. The van der Waals surface area contributed by atoms with E-state index in [0.717, 1.165) is 39.0 Å². The largest absolute Gasteiger partial charge is 0.318 e. The van der Waals surface area contributed by atoms with Crippen LogP contribution in [0.1, 0.15) is 5.56 Å². The molecule has 0 saturated heterocycles. The maximum absolute atomic E-state index is 13.3. The Hall–Kier alpha value is -3.53. The molecular formula is C23H16FN3. The molecule has 0 aliphatic heterocycles. The smallest absolute Gasteiger partial charge is 0.160 e. The number of aromatic nitrogens is 3. The van der Waals surface area contributed by atoms with E-state index in [1.54, 1.807) is 0 Å². The lowest BCUT2D eigenvalue weighted by molar-refractivity contribution is 0.626. The van der Waals surface area contributed by atoms with Gasteiger partial charge in [0.25, 0.3) is 0 Å². The monoisotopic (exact) mass is 353 g/mol. The lowest BCUT2D eigenvalue weighted by Crippen LogP contribution is -2.03. The molecule has 27 heavy (non-hydrogen) atoms. The van der Waals surface area contributed by atoms with Gasteiger partial charge in [-0.15, -0.1) is 0 Å². The number of pyridine rings is 1. The van der Waals surface area contributed by atoms with Crippen molar-refractivity contribution in [2.45, 2.75) is 6.54 Å². The van der Waals surface area contributed by atoms with Crippen molar-refractivity contribution in [3.05, 3.63) is 96.3 Å². The van der Waals surface area contributed by atoms with Crippen molar-refractivity contribution in [3.8, 4) is 11.5 Å². The minimum Gasteiger partial charge on any atom is -0.318 e. The Labute approximate surface area is 155 Å². The van der Waals surface area contributed by atoms with E-state index in [0.29, 0.717) is 6.54 Å². The first-order valence-corrected chi connectivity index (χ1v) is 8.84. The normalized spacial score (nSPS) is 11.3. The molecule has 130 valence electrons. The minimum atomic E-state index is -0.231. The van der Waals surface area contributed by atoms with Crippen molar-refractivity contribution >= 4 is 21.9 Å². The van der Waals surface area contributed by atoms with E-state index in [2.05, 4.69) is 16.7 Å². The van der Waals surface area contributed by atoms with Crippen LogP contribution < -0.4 is 0 Å². The molecule has 0 atom stereocenters. The number of hydrogen-bond donors (Lipinski definition) is 0. The van der Waals surface area contributed by atoms with Crippen LogP contribution in [0.5, 0.6) is 0 Å². The Morgan fingerprint density at radius 2 is 1.44 bits per heavy atom. The minimum absolute atomic E-state index is 0.231. The molecule has 0 unspecified atom stereocenters. The fourth-order valence-corrected chi connectivity index (χ4v) is 3.39. The summed E-state index contributed by atoms with van der Waals surface area (Å²) in [6, 6.07) is 26.8. The van der Waals surface area contributed by atoms with Gasteiger partial charge in [0.15, 0.2) is 5.82 Å². The predicted molar refractivity (Wildman–Crippen MR) is 106 cm³/mol. The zero-order chi connectivity index (χ0) is 18.2. The number of nitrogens with zero attached hydrogens (tertiary/aromatic N) is 3. The molecule has 3 nitrogen and oxygen atoms in total. The highest BCUT2D eigenvalue weighted by atomic mass is 19.1. The third-order valence-electron chi connectivity index (χ3n) is 4.74. The first-order valence-electron chi connectivity index (χ1n) is 8.84. The molecule has 5 rings (SSSR count). The van der Waals surface area contributed by atoms with Crippen LogP contribution in [0.4, 0.5) is 4.39 Å². The van der Waals surface area contributed by atoms with Crippen LogP contribution >= 0.6 is 0 Å². The number of hydrogen-bond acceptors (Lipinski definition) is 2. The van der Waals surface area contributed by atoms with Crippen molar-refractivity contribution in [2.75, 3.05) is 0 Å². The molecular weight excluding hydrogens is 337 g/mol. The highest BCUT2D eigenvalue weighted by Crippen LogP contribution is 2.26. The molecule has 4 heteroatoms. The summed E-state index contributed by atoms with van der Waals surface area (Å²) in [6.45, 7) is 0.602. The van der Waals surface area contributed by atoms with Crippen molar-refractivity contribution in [3.63, 3.8) is 0 Å². The average molecular weight is 353 g/mol. The van der Waals surface area contributed by atoms with Gasteiger partial charge in [-0.2, -0.15) is 0 Å². The summed E-state index contributed by atoms with van der Waals surface area (Å²) in [5.41, 5.74) is 4.74. The van der Waals surface area contributed by atoms with E-state index in [9.17, 15) is 4.39 Å². The number of para-hydroxylation sites is 3. The van der Waals surface area contributed by atoms with Crippen LogP contribution in [0, 0.1) is 5.82 Å². The fourth-order valence-electron chi connectivity index (χ4n) is 3.39. The molecule has 0 saturated carbocycles. The first kappa shape index (κ1) is 15.7. The molecule has 0 N–H and O–H groups in total. The number of halogens is 1. The van der Waals surface area contributed by atoms with Gasteiger partial charge in [0, 0.05) is 11.9 Å².